The Bertz CT molecular complexity index is 531. The monoisotopic (exact) mass is 230 g/mol. The number of nitrogens with zero attached hydrogens (tertiary/aromatic N) is 3. The Morgan fingerprint density at radius 2 is 2.24 bits per heavy atom. The Morgan fingerprint density at radius 3 is 2.94 bits per heavy atom. The van der Waals surface area contributed by atoms with Crippen molar-refractivity contribution in [3.8, 4) is 0 Å². The molecule has 2 unspecified atom stereocenters. The largest absolute Gasteiger partial charge is 0.350 e. The molecule has 2 heterocycles. The summed E-state index contributed by atoms with van der Waals surface area (Å²) < 4.78 is 1.89. The van der Waals surface area contributed by atoms with E-state index in [1.165, 1.54) is 19.3 Å². The fourth-order valence-electron chi connectivity index (χ4n) is 2.62. The predicted octanol–water partition coefficient (Wildman–Crippen LogP) is 2.64. The molecule has 17 heavy (non-hydrogen) atoms. The number of aromatic nitrogens is 3. The maximum atomic E-state index is 4.51. The van der Waals surface area contributed by atoms with E-state index in [0.29, 0.717) is 6.04 Å². The average Bonchev–Trinajstić information content (AvgIpc) is 2.87. The van der Waals surface area contributed by atoms with Gasteiger partial charge in [-0.25, -0.2) is 4.52 Å². The molecule has 4 nitrogen and oxygen atoms in total. The minimum absolute atomic E-state index is 0.535. The van der Waals surface area contributed by atoms with Gasteiger partial charge in [-0.3, -0.25) is 0 Å². The van der Waals surface area contributed by atoms with Gasteiger partial charge in [0.15, 0.2) is 5.65 Å². The first-order chi connectivity index (χ1) is 8.24. The Morgan fingerprint density at radius 1 is 1.35 bits per heavy atom. The number of pyridine rings is 1. The highest BCUT2D eigenvalue weighted by Crippen LogP contribution is 2.27. The number of aryl methyl sites for hydroxylation is 1. The second-order valence-electron chi connectivity index (χ2n) is 5.03. The molecule has 1 aliphatic carbocycles. The standard InChI is InChI=1S/C13H18N4/c1-9-5-3-7-11(9)14-13-15-12-8-4-6-10(2)17(12)16-13/h4,6,8-9,11H,3,5,7H2,1-2H3,(H,14,16). The van der Waals surface area contributed by atoms with Gasteiger partial charge in [0.1, 0.15) is 0 Å². The molecule has 0 radical (unpaired) electrons. The van der Waals surface area contributed by atoms with E-state index in [1.54, 1.807) is 0 Å². The molecule has 1 saturated carbocycles. The van der Waals surface area contributed by atoms with Crippen LogP contribution in [0.3, 0.4) is 0 Å². The minimum atomic E-state index is 0.535. The zero-order chi connectivity index (χ0) is 11.8. The van der Waals surface area contributed by atoms with Crippen LogP contribution in [0.1, 0.15) is 31.9 Å². The van der Waals surface area contributed by atoms with E-state index in [-0.39, 0.29) is 0 Å². The lowest BCUT2D eigenvalue weighted by Crippen LogP contribution is -2.22. The molecule has 0 amide bonds. The van der Waals surface area contributed by atoms with Crippen molar-refractivity contribution in [2.75, 3.05) is 5.32 Å². The Balaban J connectivity index is 1.88. The first-order valence-electron chi connectivity index (χ1n) is 6.33. The summed E-state index contributed by atoms with van der Waals surface area (Å²) in [6.07, 6.45) is 3.85. The van der Waals surface area contributed by atoms with Crippen molar-refractivity contribution in [1.29, 1.82) is 0 Å². The molecule has 3 rings (SSSR count). The van der Waals surface area contributed by atoms with E-state index >= 15 is 0 Å². The molecule has 2 atom stereocenters. The number of anilines is 1. The van der Waals surface area contributed by atoms with Crippen molar-refractivity contribution in [3.63, 3.8) is 0 Å². The van der Waals surface area contributed by atoms with E-state index in [0.717, 1.165) is 23.2 Å². The first-order valence-corrected chi connectivity index (χ1v) is 6.33. The van der Waals surface area contributed by atoms with Crippen LogP contribution in [0.4, 0.5) is 5.95 Å². The number of hydrogen-bond donors (Lipinski definition) is 1. The van der Waals surface area contributed by atoms with Crippen LogP contribution in [0, 0.1) is 12.8 Å². The summed E-state index contributed by atoms with van der Waals surface area (Å²) in [4.78, 5) is 4.51. The molecule has 0 saturated heterocycles. The van der Waals surface area contributed by atoms with Crippen molar-refractivity contribution in [3.05, 3.63) is 23.9 Å². The molecular weight excluding hydrogens is 212 g/mol. The normalized spacial score (nSPS) is 24.4. The molecule has 0 aliphatic heterocycles. The Labute approximate surface area is 101 Å². The van der Waals surface area contributed by atoms with E-state index in [1.807, 2.05) is 29.6 Å². The molecular formula is C13H18N4. The van der Waals surface area contributed by atoms with Crippen LogP contribution in [0.5, 0.6) is 0 Å². The molecule has 4 heteroatoms. The highest BCUT2D eigenvalue weighted by molar-refractivity contribution is 5.44. The maximum absolute atomic E-state index is 4.51. The topological polar surface area (TPSA) is 42.2 Å². The number of hydrogen-bond acceptors (Lipinski definition) is 3. The van der Waals surface area contributed by atoms with Crippen LogP contribution in [-0.2, 0) is 0 Å². The fourth-order valence-corrected chi connectivity index (χ4v) is 2.62. The van der Waals surface area contributed by atoms with Gasteiger partial charge in [0, 0.05) is 11.7 Å². The van der Waals surface area contributed by atoms with Crippen molar-refractivity contribution >= 4 is 11.6 Å². The van der Waals surface area contributed by atoms with Crippen molar-refractivity contribution in [2.45, 2.75) is 39.2 Å². The lowest BCUT2D eigenvalue weighted by atomic mass is 10.1. The molecule has 2 aromatic heterocycles. The maximum Gasteiger partial charge on any atom is 0.243 e. The molecule has 1 N–H and O–H groups in total. The third-order valence-electron chi connectivity index (χ3n) is 3.72. The van der Waals surface area contributed by atoms with E-state index in [9.17, 15) is 0 Å². The lowest BCUT2D eigenvalue weighted by Gasteiger charge is -2.15. The molecule has 2 aromatic rings. The van der Waals surface area contributed by atoms with Gasteiger partial charge in [-0.1, -0.05) is 19.4 Å². The highest BCUT2D eigenvalue weighted by Gasteiger charge is 2.24. The summed E-state index contributed by atoms with van der Waals surface area (Å²) in [6.45, 7) is 4.34. The van der Waals surface area contributed by atoms with Crippen molar-refractivity contribution in [2.24, 2.45) is 5.92 Å². The van der Waals surface area contributed by atoms with Gasteiger partial charge in [0.05, 0.1) is 0 Å². The van der Waals surface area contributed by atoms with E-state index < -0.39 is 0 Å². The van der Waals surface area contributed by atoms with Gasteiger partial charge in [0.25, 0.3) is 0 Å². The summed E-state index contributed by atoms with van der Waals surface area (Å²) in [6, 6.07) is 6.58. The smallest absolute Gasteiger partial charge is 0.243 e. The van der Waals surface area contributed by atoms with E-state index in [4.69, 9.17) is 0 Å². The van der Waals surface area contributed by atoms with Gasteiger partial charge in [-0.15, -0.1) is 5.10 Å². The minimum Gasteiger partial charge on any atom is -0.350 e. The Kier molecular flexibility index (Phi) is 2.50. The van der Waals surface area contributed by atoms with Crippen LogP contribution >= 0.6 is 0 Å². The van der Waals surface area contributed by atoms with Crippen LogP contribution in [-0.4, -0.2) is 20.6 Å². The predicted molar refractivity (Wildman–Crippen MR) is 68.1 cm³/mol. The zero-order valence-corrected chi connectivity index (χ0v) is 10.3. The molecule has 0 aromatic carbocycles. The second-order valence-corrected chi connectivity index (χ2v) is 5.03. The van der Waals surface area contributed by atoms with E-state index in [2.05, 4.69) is 22.3 Å². The third kappa shape index (κ3) is 1.88. The zero-order valence-electron chi connectivity index (χ0n) is 10.3. The van der Waals surface area contributed by atoms with Gasteiger partial charge >= 0.3 is 0 Å². The highest BCUT2D eigenvalue weighted by atomic mass is 15.4. The van der Waals surface area contributed by atoms with Crippen LogP contribution in [0.15, 0.2) is 18.2 Å². The summed E-state index contributed by atoms with van der Waals surface area (Å²) in [5, 5.41) is 7.97. The average molecular weight is 230 g/mol. The number of rotatable bonds is 2. The van der Waals surface area contributed by atoms with Crippen LogP contribution in [0.25, 0.3) is 5.65 Å². The summed E-state index contributed by atoms with van der Waals surface area (Å²) in [7, 11) is 0. The van der Waals surface area contributed by atoms with Crippen LogP contribution in [0.2, 0.25) is 0 Å². The summed E-state index contributed by atoms with van der Waals surface area (Å²) >= 11 is 0. The molecule has 1 aliphatic rings. The fraction of sp³-hybridized carbons (Fsp3) is 0.538. The van der Waals surface area contributed by atoms with Crippen molar-refractivity contribution in [1.82, 2.24) is 14.6 Å². The third-order valence-corrected chi connectivity index (χ3v) is 3.72. The van der Waals surface area contributed by atoms with Gasteiger partial charge in [-0.2, -0.15) is 4.98 Å². The van der Waals surface area contributed by atoms with Gasteiger partial charge < -0.3 is 5.32 Å². The molecule has 0 spiro atoms. The van der Waals surface area contributed by atoms with Crippen LogP contribution < -0.4 is 5.32 Å². The summed E-state index contributed by atoms with van der Waals surface area (Å²) in [5.41, 5.74) is 2.03. The SMILES string of the molecule is Cc1cccc2nc(NC3CCCC3C)nn12. The number of fused-ring (bicyclic) bond motifs is 1. The first kappa shape index (κ1) is 10.6. The lowest BCUT2D eigenvalue weighted by molar-refractivity contribution is 0.553. The summed E-state index contributed by atoms with van der Waals surface area (Å²) in [5.74, 6) is 1.49. The molecule has 1 fully saturated rings. The number of nitrogens with one attached hydrogen (secondary N) is 1. The molecule has 90 valence electrons. The molecule has 0 bridgehead atoms. The second kappa shape index (κ2) is 4.02. The Hall–Kier alpha value is -1.58. The van der Waals surface area contributed by atoms with Gasteiger partial charge in [0.2, 0.25) is 5.95 Å². The van der Waals surface area contributed by atoms with Gasteiger partial charge in [-0.05, 0) is 37.8 Å². The van der Waals surface area contributed by atoms with Crippen molar-refractivity contribution < 1.29 is 0 Å². The quantitative estimate of drug-likeness (QED) is 0.862.